The Morgan fingerprint density at radius 1 is 1.48 bits per heavy atom. The van der Waals surface area contributed by atoms with E-state index in [9.17, 15) is 14.7 Å². The van der Waals surface area contributed by atoms with Crippen LogP contribution in [0.5, 0.6) is 0 Å². The maximum atomic E-state index is 12.4. The van der Waals surface area contributed by atoms with Crippen molar-refractivity contribution in [1.29, 1.82) is 0 Å². The monoisotopic (exact) mass is 310 g/mol. The molecule has 0 bridgehead atoms. The molecular formula is C15H22N2O3S. The number of urea groups is 1. The predicted octanol–water partition coefficient (Wildman–Crippen LogP) is 3.09. The van der Waals surface area contributed by atoms with E-state index in [1.54, 1.807) is 17.0 Å². The van der Waals surface area contributed by atoms with E-state index in [0.717, 1.165) is 19.3 Å². The van der Waals surface area contributed by atoms with Gasteiger partial charge in [0.1, 0.15) is 0 Å². The summed E-state index contributed by atoms with van der Waals surface area (Å²) in [5.74, 6) is -0.503. The molecule has 21 heavy (non-hydrogen) atoms. The SMILES string of the molecule is CC(C)CCN(C(=O)NC(C(=O)O)c1cccs1)C1CC1. The summed E-state index contributed by atoms with van der Waals surface area (Å²) in [6, 6.07) is 2.58. The number of thiophene rings is 1. The van der Waals surface area contributed by atoms with Gasteiger partial charge in [0.25, 0.3) is 0 Å². The summed E-state index contributed by atoms with van der Waals surface area (Å²) in [6.07, 6.45) is 2.96. The van der Waals surface area contributed by atoms with E-state index in [-0.39, 0.29) is 12.1 Å². The van der Waals surface area contributed by atoms with Crippen molar-refractivity contribution in [2.75, 3.05) is 6.54 Å². The molecule has 5 nitrogen and oxygen atoms in total. The third kappa shape index (κ3) is 4.46. The molecule has 1 atom stereocenters. The van der Waals surface area contributed by atoms with Gasteiger partial charge in [0, 0.05) is 17.5 Å². The molecule has 1 saturated carbocycles. The molecule has 1 aliphatic carbocycles. The van der Waals surface area contributed by atoms with Gasteiger partial charge in [-0.2, -0.15) is 0 Å². The summed E-state index contributed by atoms with van der Waals surface area (Å²) >= 11 is 1.34. The molecule has 1 heterocycles. The maximum absolute atomic E-state index is 12.4. The van der Waals surface area contributed by atoms with Crippen molar-refractivity contribution in [2.45, 2.75) is 45.2 Å². The molecule has 2 rings (SSSR count). The smallest absolute Gasteiger partial charge is 0.331 e. The molecule has 0 saturated heterocycles. The first-order valence-corrected chi connectivity index (χ1v) is 8.20. The summed E-state index contributed by atoms with van der Waals surface area (Å²) in [5, 5.41) is 13.8. The zero-order valence-corrected chi connectivity index (χ0v) is 13.2. The highest BCUT2D eigenvalue weighted by atomic mass is 32.1. The highest BCUT2D eigenvalue weighted by Crippen LogP contribution is 2.28. The number of nitrogens with one attached hydrogen (secondary N) is 1. The van der Waals surface area contributed by atoms with Gasteiger partial charge in [-0.05, 0) is 36.6 Å². The van der Waals surface area contributed by atoms with Crippen molar-refractivity contribution in [2.24, 2.45) is 5.92 Å². The lowest BCUT2D eigenvalue weighted by atomic mass is 10.1. The summed E-state index contributed by atoms with van der Waals surface area (Å²) in [6.45, 7) is 4.92. The highest BCUT2D eigenvalue weighted by molar-refractivity contribution is 7.10. The number of carbonyl (C=O) groups excluding carboxylic acids is 1. The van der Waals surface area contributed by atoms with Crippen LogP contribution in [0, 0.1) is 5.92 Å². The second-order valence-corrected chi connectivity index (χ2v) is 6.82. The fourth-order valence-corrected chi connectivity index (χ4v) is 2.92. The minimum atomic E-state index is -1.02. The maximum Gasteiger partial charge on any atom is 0.331 e. The second kappa shape index (κ2) is 6.93. The van der Waals surface area contributed by atoms with Crippen LogP contribution in [0.4, 0.5) is 4.79 Å². The van der Waals surface area contributed by atoms with Crippen LogP contribution in [0.25, 0.3) is 0 Å². The number of rotatable bonds is 7. The van der Waals surface area contributed by atoms with Crippen LogP contribution in [0.1, 0.15) is 44.0 Å². The molecule has 6 heteroatoms. The second-order valence-electron chi connectivity index (χ2n) is 5.84. The first kappa shape index (κ1) is 15.8. The number of carboxylic acids is 1. The quantitative estimate of drug-likeness (QED) is 0.813. The molecule has 0 spiro atoms. The van der Waals surface area contributed by atoms with Crippen LogP contribution in [0.2, 0.25) is 0 Å². The molecule has 1 fully saturated rings. The van der Waals surface area contributed by atoms with Gasteiger partial charge >= 0.3 is 12.0 Å². The molecule has 116 valence electrons. The minimum Gasteiger partial charge on any atom is -0.479 e. The van der Waals surface area contributed by atoms with Crippen molar-refractivity contribution in [1.82, 2.24) is 10.2 Å². The fourth-order valence-electron chi connectivity index (χ4n) is 2.15. The molecule has 0 radical (unpaired) electrons. The summed E-state index contributed by atoms with van der Waals surface area (Å²) in [7, 11) is 0. The first-order chi connectivity index (χ1) is 9.99. The van der Waals surface area contributed by atoms with Gasteiger partial charge in [-0.15, -0.1) is 11.3 Å². The molecule has 1 aliphatic rings. The lowest BCUT2D eigenvalue weighted by Crippen LogP contribution is -2.45. The lowest BCUT2D eigenvalue weighted by Gasteiger charge is -2.25. The Morgan fingerprint density at radius 3 is 2.67 bits per heavy atom. The van der Waals surface area contributed by atoms with Crippen molar-refractivity contribution >= 4 is 23.3 Å². The van der Waals surface area contributed by atoms with E-state index in [4.69, 9.17) is 0 Å². The summed E-state index contributed by atoms with van der Waals surface area (Å²) in [5.41, 5.74) is 0. The normalized spacial score (nSPS) is 15.8. The fraction of sp³-hybridized carbons (Fsp3) is 0.600. The van der Waals surface area contributed by atoms with Crippen LogP contribution < -0.4 is 5.32 Å². The molecule has 2 amide bonds. The third-order valence-corrected chi connectivity index (χ3v) is 4.48. The number of nitrogens with zero attached hydrogens (tertiary/aromatic N) is 1. The van der Waals surface area contributed by atoms with E-state index >= 15 is 0 Å². The van der Waals surface area contributed by atoms with Gasteiger partial charge in [0.2, 0.25) is 0 Å². The molecule has 2 N–H and O–H groups in total. The predicted molar refractivity (Wildman–Crippen MR) is 82.4 cm³/mol. The molecule has 0 aliphatic heterocycles. The Labute approximate surface area is 129 Å². The van der Waals surface area contributed by atoms with Crippen LogP contribution in [-0.4, -0.2) is 34.6 Å². The number of carbonyl (C=O) groups is 2. The van der Waals surface area contributed by atoms with Crippen LogP contribution >= 0.6 is 11.3 Å². The first-order valence-electron chi connectivity index (χ1n) is 7.32. The number of amides is 2. The van der Waals surface area contributed by atoms with Crippen LogP contribution in [-0.2, 0) is 4.79 Å². The standard InChI is InChI=1S/C15H22N2O3S/c1-10(2)7-8-17(11-5-6-11)15(20)16-13(14(18)19)12-4-3-9-21-12/h3-4,9-11,13H,5-8H2,1-2H3,(H,16,20)(H,18,19). The van der Waals surface area contributed by atoms with Crippen LogP contribution in [0.3, 0.4) is 0 Å². The number of aliphatic carboxylic acids is 1. The van der Waals surface area contributed by atoms with Crippen molar-refractivity contribution in [3.05, 3.63) is 22.4 Å². The van der Waals surface area contributed by atoms with E-state index in [1.807, 2.05) is 5.38 Å². The van der Waals surface area contributed by atoms with E-state index in [0.29, 0.717) is 17.3 Å². The van der Waals surface area contributed by atoms with Crippen LogP contribution in [0.15, 0.2) is 17.5 Å². The Kier molecular flexibility index (Phi) is 5.22. The van der Waals surface area contributed by atoms with E-state index in [2.05, 4.69) is 19.2 Å². The Hall–Kier alpha value is -1.56. The van der Waals surface area contributed by atoms with Gasteiger partial charge in [0.05, 0.1) is 0 Å². The lowest BCUT2D eigenvalue weighted by molar-refractivity contribution is -0.139. The number of hydrogen-bond donors (Lipinski definition) is 2. The number of carboxylic acid groups (broad SMARTS) is 1. The van der Waals surface area contributed by atoms with Gasteiger partial charge in [-0.3, -0.25) is 0 Å². The van der Waals surface area contributed by atoms with Gasteiger partial charge in [0.15, 0.2) is 6.04 Å². The molecule has 1 aromatic heterocycles. The minimum absolute atomic E-state index is 0.265. The van der Waals surface area contributed by atoms with Gasteiger partial charge < -0.3 is 15.3 Å². The zero-order valence-electron chi connectivity index (χ0n) is 12.4. The van der Waals surface area contributed by atoms with Gasteiger partial charge in [-0.25, -0.2) is 9.59 Å². The topological polar surface area (TPSA) is 69.6 Å². The number of hydrogen-bond acceptors (Lipinski definition) is 3. The van der Waals surface area contributed by atoms with Crippen molar-refractivity contribution in [3.8, 4) is 0 Å². The molecule has 1 unspecified atom stereocenters. The third-order valence-electron chi connectivity index (χ3n) is 3.54. The Balaban J connectivity index is 2.01. The molecule has 1 aromatic rings. The zero-order chi connectivity index (χ0) is 15.4. The Morgan fingerprint density at radius 2 is 2.19 bits per heavy atom. The summed E-state index contributed by atoms with van der Waals surface area (Å²) < 4.78 is 0. The molecular weight excluding hydrogens is 288 g/mol. The van der Waals surface area contributed by atoms with E-state index < -0.39 is 12.0 Å². The summed E-state index contributed by atoms with van der Waals surface area (Å²) in [4.78, 5) is 26.2. The largest absolute Gasteiger partial charge is 0.479 e. The average Bonchev–Trinajstić information content (AvgIpc) is 3.10. The highest BCUT2D eigenvalue weighted by Gasteiger charge is 2.34. The average molecular weight is 310 g/mol. The van der Waals surface area contributed by atoms with Crippen molar-refractivity contribution < 1.29 is 14.7 Å². The van der Waals surface area contributed by atoms with E-state index in [1.165, 1.54) is 11.3 Å². The molecule has 0 aromatic carbocycles. The van der Waals surface area contributed by atoms with Gasteiger partial charge in [-0.1, -0.05) is 19.9 Å². The Bertz CT molecular complexity index is 483. The van der Waals surface area contributed by atoms with Crippen molar-refractivity contribution in [3.63, 3.8) is 0 Å².